The molecule has 1 heterocycles. The Kier molecular flexibility index (Phi) is 6.25. The van der Waals surface area contributed by atoms with E-state index in [9.17, 15) is 4.79 Å². The van der Waals surface area contributed by atoms with Gasteiger partial charge in [0.25, 0.3) is 0 Å². The van der Waals surface area contributed by atoms with Gasteiger partial charge in [0.2, 0.25) is 11.8 Å². The zero-order valence-corrected chi connectivity index (χ0v) is 13.4. The van der Waals surface area contributed by atoms with Crippen LogP contribution in [0.5, 0.6) is 0 Å². The molecule has 7 heteroatoms. The first kappa shape index (κ1) is 17.1. The van der Waals surface area contributed by atoms with Crippen molar-refractivity contribution in [3.8, 4) is 0 Å². The Balaban J connectivity index is 1.90. The molecular weight excluding hydrogens is 296 g/mol. The smallest absolute Gasteiger partial charge is 0.248 e. The summed E-state index contributed by atoms with van der Waals surface area (Å²) in [6.07, 6.45) is 0.491. The molecule has 23 heavy (non-hydrogen) atoms. The van der Waals surface area contributed by atoms with Gasteiger partial charge in [0.15, 0.2) is 5.82 Å². The average molecular weight is 318 g/mol. The quantitative estimate of drug-likeness (QED) is 0.758. The minimum Gasteiger partial charge on any atom is -0.380 e. The van der Waals surface area contributed by atoms with Crippen molar-refractivity contribution in [2.45, 2.75) is 31.9 Å². The number of methoxy groups -OCH3 is 1. The van der Waals surface area contributed by atoms with Crippen LogP contribution in [0.15, 0.2) is 34.9 Å². The van der Waals surface area contributed by atoms with Gasteiger partial charge in [-0.25, -0.2) is 0 Å². The SMILES string of the molecule is COC(CN)CC(=O)NC(C)c1nc(Cc2ccccc2)no1. The Morgan fingerprint density at radius 2 is 2.13 bits per heavy atom. The van der Waals surface area contributed by atoms with Crippen LogP contribution in [0.3, 0.4) is 0 Å². The second-order valence-corrected chi connectivity index (χ2v) is 5.30. The average Bonchev–Trinajstić information content (AvgIpc) is 3.02. The molecule has 0 fully saturated rings. The van der Waals surface area contributed by atoms with Crippen molar-refractivity contribution in [3.05, 3.63) is 47.6 Å². The molecule has 124 valence electrons. The van der Waals surface area contributed by atoms with Gasteiger partial charge in [-0.3, -0.25) is 4.79 Å². The van der Waals surface area contributed by atoms with Crippen LogP contribution in [-0.4, -0.2) is 35.8 Å². The molecule has 2 atom stereocenters. The maximum Gasteiger partial charge on any atom is 0.248 e. The minimum absolute atomic E-state index is 0.169. The number of nitrogens with two attached hydrogens (primary N) is 1. The number of nitrogens with zero attached hydrogens (tertiary/aromatic N) is 2. The fourth-order valence-corrected chi connectivity index (χ4v) is 2.13. The monoisotopic (exact) mass is 318 g/mol. The van der Waals surface area contributed by atoms with Crippen molar-refractivity contribution < 1.29 is 14.1 Å². The van der Waals surface area contributed by atoms with Crippen LogP contribution in [0, 0.1) is 0 Å². The normalized spacial score (nSPS) is 13.5. The summed E-state index contributed by atoms with van der Waals surface area (Å²) in [7, 11) is 1.53. The first-order valence-corrected chi connectivity index (χ1v) is 7.51. The summed E-state index contributed by atoms with van der Waals surface area (Å²) in [6.45, 7) is 2.09. The van der Waals surface area contributed by atoms with Crippen LogP contribution in [0.4, 0.5) is 0 Å². The number of benzene rings is 1. The molecule has 0 radical (unpaired) electrons. The van der Waals surface area contributed by atoms with Gasteiger partial charge in [0.05, 0.1) is 12.5 Å². The molecule has 0 aliphatic carbocycles. The fourth-order valence-electron chi connectivity index (χ4n) is 2.13. The zero-order valence-electron chi connectivity index (χ0n) is 13.4. The van der Waals surface area contributed by atoms with Gasteiger partial charge >= 0.3 is 0 Å². The Morgan fingerprint density at radius 3 is 2.78 bits per heavy atom. The van der Waals surface area contributed by atoms with Crippen LogP contribution >= 0.6 is 0 Å². The zero-order chi connectivity index (χ0) is 16.7. The Hall–Kier alpha value is -2.25. The number of ether oxygens (including phenoxy) is 1. The first-order valence-electron chi connectivity index (χ1n) is 7.51. The van der Waals surface area contributed by atoms with E-state index in [1.54, 1.807) is 6.92 Å². The van der Waals surface area contributed by atoms with E-state index in [2.05, 4.69) is 15.5 Å². The molecule has 2 aromatic rings. The lowest BCUT2D eigenvalue weighted by molar-refractivity contribution is -0.124. The third kappa shape index (κ3) is 5.15. The molecule has 0 aliphatic heterocycles. The summed E-state index contributed by atoms with van der Waals surface area (Å²) in [6, 6.07) is 9.51. The largest absolute Gasteiger partial charge is 0.380 e. The highest BCUT2D eigenvalue weighted by molar-refractivity contribution is 5.76. The highest BCUT2D eigenvalue weighted by atomic mass is 16.5. The van der Waals surface area contributed by atoms with Crippen LogP contribution in [0.2, 0.25) is 0 Å². The van der Waals surface area contributed by atoms with Gasteiger partial charge in [0, 0.05) is 20.1 Å². The summed E-state index contributed by atoms with van der Waals surface area (Å²) in [5.41, 5.74) is 6.60. The molecule has 0 saturated carbocycles. The molecule has 1 aromatic heterocycles. The molecule has 7 nitrogen and oxygen atoms in total. The molecule has 0 spiro atoms. The van der Waals surface area contributed by atoms with Gasteiger partial charge in [-0.05, 0) is 12.5 Å². The Bertz CT molecular complexity index is 611. The number of carbonyl (C=O) groups excluding carboxylic acids is 1. The maximum absolute atomic E-state index is 11.9. The predicted molar refractivity (Wildman–Crippen MR) is 84.6 cm³/mol. The van der Waals surface area contributed by atoms with Crippen molar-refractivity contribution in [3.63, 3.8) is 0 Å². The van der Waals surface area contributed by atoms with Crippen molar-refractivity contribution in [1.29, 1.82) is 0 Å². The number of amides is 1. The highest BCUT2D eigenvalue weighted by Crippen LogP contribution is 2.12. The molecule has 1 amide bonds. The van der Waals surface area contributed by atoms with E-state index in [4.69, 9.17) is 15.0 Å². The third-order valence-electron chi connectivity index (χ3n) is 3.45. The van der Waals surface area contributed by atoms with Gasteiger partial charge in [0.1, 0.15) is 6.04 Å². The van der Waals surface area contributed by atoms with Crippen molar-refractivity contribution >= 4 is 5.91 Å². The fraction of sp³-hybridized carbons (Fsp3) is 0.438. The number of rotatable bonds is 8. The van der Waals surface area contributed by atoms with E-state index < -0.39 is 0 Å². The van der Waals surface area contributed by atoms with Gasteiger partial charge in [-0.1, -0.05) is 35.5 Å². The molecule has 0 bridgehead atoms. The summed E-state index contributed by atoms with van der Waals surface area (Å²) in [5.74, 6) is 0.799. The molecule has 1 aromatic carbocycles. The number of nitrogens with one attached hydrogen (secondary N) is 1. The summed E-state index contributed by atoms with van der Waals surface area (Å²) >= 11 is 0. The lowest BCUT2D eigenvalue weighted by atomic mass is 10.1. The molecular formula is C16H22N4O3. The predicted octanol–water partition coefficient (Wildman–Crippen LogP) is 1.20. The molecule has 3 N–H and O–H groups in total. The van der Waals surface area contributed by atoms with E-state index in [-0.39, 0.29) is 24.5 Å². The van der Waals surface area contributed by atoms with Gasteiger partial charge in [-0.2, -0.15) is 4.98 Å². The van der Waals surface area contributed by atoms with E-state index in [0.29, 0.717) is 24.7 Å². The topological polar surface area (TPSA) is 103 Å². The molecule has 0 aliphatic rings. The number of hydrogen-bond donors (Lipinski definition) is 2. The Labute approximate surface area is 135 Å². The number of aromatic nitrogens is 2. The Morgan fingerprint density at radius 1 is 1.39 bits per heavy atom. The van der Waals surface area contributed by atoms with Crippen molar-refractivity contribution in [2.24, 2.45) is 5.73 Å². The van der Waals surface area contributed by atoms with Crippen LogP contribution in [0.25, 0.3) is 0 Å². The highest BCUT2D eigenvalue weighted by Gasteiger charge is 2.19. The van der Waals surface area contributed by atoms with Crippen molar-refractivity contribution in [2.75, 3.05) is 13.7 Å². The van der Waals surface area contributed by atoms with E-state index >= 15 is 0 Å². The summed E-state index contributed by atoms with van der Waals surface area (Å²) in [4.78, 5) is 16.2. The second-order valence-electron chi connectivity index (χ2n) is 5.30. The van der Waals surface area contributed by atoms with E-state index in [0.717, 1.165) is 5.56 Å². The van der Waals surface area contributed by atoms with Gasteiger partial charge < -0.3 is 20.3 Å². The first-order chi connectivity index (χ1) is 11.1. The van der Waals surface area contributed by atoms with Crippen molar-refractivity contribution in [1.82, 2.24) is 15.5 Å². The standard InChI is InChI=1S/C16H22N4O3/c1-11(18-15(21)9-13(10-17)22-2)16-19-14(20-23-16)8-12-6-4-3-5-7-12/h3-7,11,13H,8-10,17H2,1-2H3,(H,18,21). The van der Waals surface area contributed by atoms with Gasteiger partial charge in [-0.15, -0.1) is 0 Å². The number of hydrogen-bond acceptors (Lipinski definition) is 6. The van der Waals surface area contributed by atoms with Crippen LogP contribution < -0.4 is 11.1 Å². The second kappa shape index (κ2) is 8.40. The summed E-state index contributed by atoms with van der Waals surface area (Å²) < 4.78 is 10.3. The summed E-state index contributed by atoms with van der Waals surface area (Å²) in [5, 5.41) is 6.75. The third-order valence-corrected chi connectivity index (χ3v) is 3.45. The maximum atomic E-state index is 11.9. The molecule has 2 rings (SSSR count). The minimum atomic E-state index is -0.366. The lowest BCUT2D eigenvalue weighted by Gasteiger charge is -2.14. The van der Waals surface area contributed by atoms with E-state index in [1.165, 1.54) is 7.11 Å². The lowest BCUT2D eigenvalue weighted by Crippen LogP contribution is -2.33. The van der Waals surface area contributed by atoms with E-state index in [1.807, 2.05) is 30.3 Å². The molecule has 2 unspecified atom stereocenters. The number of carbonyl (C=O) groups is 1. The van der Waals surface area contributed by atoms with Crippen LogP contribution in [-0.2, 0) is 16.0 Å². The van der Waals surface area contributed by atoms with Crippen LogP contribution in [0.1, 0.15) is 36.7 Å². The molecule has 0 saturated heterocycles.